The van der Waals surface area contributed by atoms with Crippen molar-refractivity contribution in [3.63, 3.8) is 0 Å². The normalized spacial score (nSPS) is 11.9. The second kappa shape index (κ2) is 8.88. The van der Waals surface area contributed by atoms with E-state index in [1.165, 1.54) is 6.07 Å². The lowest BCUT2D eigenvalue weighted by Gasteiger charge is -2.10. The number of hydrogen-bond donors (Lipinski definition) is 1. The van der Waals surface area contributed by atoms with Crippen molar-refractivity contribution >= 4 is 23.4 Å². The lowest BCUT2D eigenvalue weighted by molar-refractivity contribution is -0.115. The van der Waals surface area contributed by atoms with E-state index in [9.17, 15) is 9.18 Å². The van der Waals surface area contributed by atoms with Crippen molar-refractivity contribution in [3.05, 3.63) is 65.3 Å². The number of methoxy groups -OCH3 is 1. The van der Waals surface area contributed by atoms with E-state index in [2.05, 4.69) is 15.5 Å². The van der Waals surface area contributed by atoms with Gasteiger partial charge in [0.1, 0.15) is 11.6 Å². The molecule has 2 aromatic carbocycles. The van der Waals surface area contributed by atoms with E-state index in [4.69, 9.17) is 9.15 Å². The number of halogens is 1. The summed E-state index contributed by atoms with van der Waals surface area (Å²) in [5, 5.41) is 10.5. The fourth-order valence-corrected chi connectivity index (χ4v) is 3.10. The van der Waals surface area contributed by atoms with Crippen LogP contribution in [0.4, 0.5) is 10.1 Å². The number of amides is 1. The van der Waals surface area contributed by atoms with Crippen LogP contribution in [0.2, 0.25) is 0 Å². The minimum absolute atomic E-state index is 0.275. The van der Waals surface area contributed by atoms with Crippen LogP contribution in [0.5, 0.6) is 5.75 Å². The van der Waals surface area contributed by atoms with Crippen molar-refractivity contribution < 1.29 is 18.3 Å². The Morgan fingerprint density at radius 3 is 2.68 bits per heavy atom. The van der Waals surface area contributed by atoms with Crippen LogP contribution in [0, 0.1) is 12.7 Å². The van der Waals surface area contributed by atoms with Gasteiger partial charge in [0.15, 0.2) is 0 Å². The molecule has 8 heteroatoms. The standard InChI is InChI=1S/C20H20FN3O3S/c1-12-4-7-15(11-17(12)21)22-19(25)13(2)28-20-24-23-18(27-20)10-14-5-8-16(26-3)9-6-14/h4-9,11,13H,10H2,1-3H3,(H,22,25)/t13-/m0/s1. The Balaban J connectivity index is 1.57. The number of nitrogens with zero attached hydrogens (tertiary/aromatic N) is 2. The number of rotatable bonds is 7. The minimum Gasteiger partial charge on any atom is -0.497 e. The number of nitrogens with one attached hydrogen (secondary N) is 1. The van der Waals surface area contributed by atoms with Crippen LogP contribution in [0.3, 0.4) is 0 Å². The molecule has 0 aliphatic rings. The fourth-order valence-electron chi connectivity index (χ4n) is 2.39. The molecular weight excluding hydrogens is 381 g/mol. The molecule has 0 fully saturated rings. The molecule has 0 unspecified atom stereocenters. The van der Waals surface area contributed by atoms with Crippen molar-refractivity contribution in [2.24, 2.45) is 0 Å². The maximum absolute atomic E-state index is 13.6. The molecule has 1 amide bonds. The Morgan fingerprint density at radius 1 is 1.25 bits per heavy atom. The zero-order chi connectivity index (χ0) is 20.1. The molecule has 3 rings (SSSR count). The van der Waals surface area contributed by atoms with Gasteiger partial charge >= 0.3 is 0 Å². The van der Waals surface area contributed by atoms with Crippen LogP contribution in [-0.4, -0.2) is 28.5 Å². The number of anilines is 1. The van der Waals surface area contributed by atoms with Crippen molar-refractivity contribution in [2.45, 2.75) is 30.7 Å². The van der Waals surface area contributed by atoms with Gasteiger partial charge in [-0.25, -0.2) is 4.39 Å². The van der Waals surface area contributed by atoms with Crippen LogP contribution >= 0.6 is 11.8 Å². The summed E-state index contributed by atoms with van der Waals surface area (Å²) in [4.78, 5) is 12.3. The Labute approximate surface area is 166 Å². The quantitative estimate of drug-likeness (QED) is 0.597. The molecule has 3 aromatic rings. The van der Waals surface area contributed by atoms with Crippen molar-refractivity contribution in [1.82, 2.24) is 10.2 Å². The maximum Gasteiger partial charge on any atom is 0.277 e. The first-order valence-corrected chi connectivity index (χ1v) is 9.51. The summed E-state index contributed by atoms with van der Waals surface area (Å²) in [6.07, 6.45) is 0.487. The third kappa shape index (κ3) is 5.10. The van der Waals surface area contributed by atoms with Gasteiger partial charge in [-0.15, -0.1) is 10.2 Å². The summed E-state index contributed by atoms with van der Waals surface area (Å²) in [5.74, 6) is 0.598. The summed E-state index contributed by atoms with van der Waals surface area (Å²) in [6.45, 7) is 3.39. The molecule has 146 valence electrons. The monoisotopic (exact) mass is 401 g/mol. The van der Waals surface area contributed by atoms with Gasteiger partial charge in [-0.1, -0.05) is 30.0 Å². The SMILES string of the molecule is COc1ccc(Cc2nnc(S[C@@H](C)C(=O)Nc3ccc(C)c(F)c3)o2)cc1. The van der Waals surface area contributed by atoms with E-state index >= 15 is 0 Å². The highest BCUT2D eigenvalue weighted by Crippen LogP contribution is 2.24. The molecule has 0 aliphatic heterocycles. The Hall–Kier alpha value is -2.87. The molecule has 0 bridgehead atoms. The zero-order valence-electron chi connectivity index (χ0n) is 15.7. The summed E-state index contributed by atoms with van der Waals surface area (Å²) >= 11 is 1.15. The van der Waals surface area contributed by atoms with Gasteiger partial charge in [0.05, 0.1) is 18.8 Å². The second-order valence-electron chi connectivity index (χ2n) is 6.20. The summed E-state index contributed by atoms with van der Waals surface area (Å²) < 4.78 is 24.4. The topological polar surface area (TPSA) is 77.2 Å². The highest BCUT2D eigenvalue weighted by molar-refractivity contribution is 8.00. The first-order chi connectivity index (χ1) is 13.4. The summed E-state index contributed by atoms with van der Waals surface area (Å²) in [6, 6.07) is 12.1. The van der Waals surface area contributed by atoms with Crippen LogP contribution in [0.1, 0.15) is 23.9 Å². The third-order valence-corrected chi connectivity index (χ3v) is 4.98. The van der Waals surface area contributed by atoms with Gasteiger partial charge in [-0.3, -0.25) is 4.79 Å². The van der Waals surface area contributed by atoms with E-state index in [-0.39, 0.29) is 11.7 Å². The lowest BCUT2D eigenvalue weighted by atomic mass is 10.1. The molecule has 0 radical (unpaired) electrons. The summed E-state index contributed by atoms with van der Waals surface area (Å²) in [7, 11) is 1.61. The van der Waals surface area contributed by atoms with Gasteiger partial charge in [0.2, 0.25) is 11.8 Å². The number of aryl methyl sites for hydroxylation is 1. The number of benzene rings is 2. The van der Waals surface area contributed by atoms with Gasteiger partial charge in [-0.2, -0.15) is 0 Å². The minimum atomic E-state index is -0.487. The molecule has 6 nitrogen and oxygen atoms in total. The molecule has 1 heterocycles. The summed E-state index contributed by atoms with van der Waals surface area (Å²) in [5.41, 5.74) is 1.94. The average molecular weight is 401 g/mol. The molecule has 0 spiro atoms. The van der Waals surface area contributed by atoms with Crippen molar-refractivity contribution in [3.8, 4) is 5.75 Å². The van der Waals surface area contributed by atoms with Crippen molar-refractivity contribution in [2.75, 3.05) is 12.4 Å². The number of ether oxygens (including phenoxy) is 1. The molecule has 28 heavy (non-hydrogen) atoms. The van der Waals surface area contributed by atoms with Crippen LogP contribution in [-0.2, 0) is 11.2 Å². The molecule has 0 aliphatic carbocycles. The number of hydrogen-bond acceptors (Lipinski definition) is 6. The van der Waals surface area contributed by atoms with Crippen LogP contribution in [0.15, 0.2) is 52.1 Å². The fraction of sp³-hybridized carbons (Fsp3) is 0.250. The van der Waals surface area contributed by atoms with Gasteiger partial charge in [-0.05, 0) is 49.2 Å². The molecule has 0 saturated carbocycles. The Bertz CT molecular complexity index is 960. The van der Waals surface area contributed by atoms with Gasteiger partial charge in [0, 0.05) is 5.69 Å². The largest absolute Gasteiger partial charge is 0.497 e. The number of thioether (sulfide) groups is 1. The van der Waals surface area contributed by atoms with Gasteiger partial charge < -0.3 is 14.5 Å². The van der Waals surface area contributed by atoms with E-state index < -0.39 is 5.25 Å². The van der Waals surface area contributed by atoms with Crippen molar-refractivity contribution in [1.29, 1.82) is 0 Å². The highest BCUT2D eigenvalue weighted by atomic mass is 32.2. The smallest absolute Gasteiger partial charge is 0.277 e. The molecule has 1 aromatic heterocycles. The van der Waals surface area contributed by atoms with E-state index in [0.717, 1.165) is 23.1 Å². The molecular formula is C20H20FN3O3S. The van der Waals surface area contributed by atoms with E-state index in [0.29, 0.717) is 28.8 Å². The predicted octanol–water partition coefficient (Wildman–Crippen LogP) is 4.24. The van der Waals surface area contributed by atoms with E-state index in [1.807, 2.05) is 24.3 Å². The highest BCUT2D eigenvalue weighted by Gasteiger charge is 2.19. The third-order valence-electron chi connectivity index (χ3n) is 4.05. The Morgan fingerprint density at radius 2 is 2.00 bits per heavy atom. The number of carbonyl (C=O) groups excluding carboxylic acids is 1. The Kier molecular flexibility index (Phi) is 6.30. The number of carbonyl (C=O) groups is 1. The van der Waals surface area contributed by atoms with Gasteiger partial charge in [0.25, 0.3) is 5.22 Å². The molecule has 0 saturated heterocycles. The zero-order valence-corrected chi connectivity index (χ0v) is 16.5. The van der Waals surface area contributed by atoms with E-state index in [1.54, 1.807) is 33.1 Å². The predicted molar refractivity (Wildman–Crippen MR) is 105 cm³/mol. The first kappa shape index (κ1) is 19.9. The average Bonchev–Trinajstić information content (AvgIpc) is 3.12. The van der Waals surface area contributed by atoms with Crippen LogP contribution in [0.25, 0.3) is 0 Å². The second-order valence-corrected chi connectivity index (χ2v) is 7.49. The van der Waals surface area contributed by atoms with Crippen LogP contribution < -0.4 is 10.1 Å². The lowest BCUT2D eigenvalue weighted by Crippen LogP contribution is -2.22. The molecule has 1 atom stereocenters. The maximum atomic E-state index is 13.6. The first-order valence-electron chi connectivity index (χ1n) is 8.63. The number of aromatic nitrogens is 2. The molecule has 1 N–H and O–H groups in total.